The van der Waals surface area contributed by atoms with Gasteiger partial charge in [0.15, 0.2) is 0 Å². The molecule has 5 rings (SSSR count). The van der Waals surface area contributed by atoms with Gasteiger partial charge in [0.25, 0.3) is 0 Å². The monoisotopic (exact) mass is 304 g/mol. The molecule has 122 valence electrons. The predicted octanol–water partition coefficient (Wildman–Crippen LogP) is 1.48. The molecule has 5 saturated carbocycles. The van der Waals surface area contributed by atoms with E-state index in [1.807, 2.05) is 0 Å². The second-order valence-corrected chi connectivity index (χ2v) is 8.28. The molecule has 5 aliphatic rings. The SMILES string of the molecule is O=C([O-])[C@@H]1CCCC[C@H]1C(=O)NC1C2CC3CC(C2)CC1C3. The lowest BCUT2D eigenvalue weighted by Crippen LogP contribution is -2.57. The number of rotatable bonds is 3. The Labute approximate surface area is 132 Å². The van der Waals surface area contributed by atoms with Crippen LogP contribution in [0.3, 0.4) is 0 Å². The number of amides is 1. The topological polar surface area (TPSA) is 69.2 Å². The fraction of sp³-hybridized carbons (Fsp3) is 0.889. The van der Waals surface area contributed by atoms with Crippen LogP contribution in [0.15, 0.2) is 0 Å². The van der Waals surface area contributed by atoms with Crippen LogP contribution in [0, 0.1) is 35.5 Å². The first-order valence-electron chi connectivity index (χ1n) is 9.13. The molecule has 0 aliphatic heterocycles. The maximum absolute atomic E-state index is 12.7. The molecular weight excluding hydrogens is 278 g/mol. The number of hydrogen-bond acceptors (Lipinski definition) is 3. The van der Waals surface area contributed by atoms with Crippen molar-refractivity contribution in [2.75, 3.05) is 0 Å². The zero-order valence-electron chi connectivity index (χ0n) is 13.1. The minimum Gasteiger partial charge on any atom is -0.550 e. The number of hydrogen-bond donors (Lipinski definition) is 1. The van der Waals surface area contributed by atoms with E-state index in [4.69, 9.17) is 0 Å². The second kappa shape index (κ2) is 5.54. The summed E-state index contributed by atoms with van der Waals surface area (Å²) in [6.07, 6.45) is 9.66. The molecule has 0 saturated heterocycles. The fourth-order valence-electron chi connectivity index (χ4n) is 6.16. The Balaban J connectivity index is 1.44. The third-order valence-corrected chi connectivity index (χ3v) is 6.94. The highest BCUT2D eigenvalue weighted by molar-refractivity contribution is 5.84. The Kier molecular flexibility index (Phi) is 3.66. The standard InChI is InChI=1S/C18H27NO3/c20-17(14-3-1-2-4-15(14)18(21)22)19-16-12-6-10-5-11(8-12)9-13(16)7-10/h10-16H,1-9H2,(H,19,20)(H,21,22)/p-1/t10?,11?,12?,13?,14-,15-,16?/m1/s1. The minimum atomic E-state index is -1.04. The summed E-state index contributed by atoms with van der Waals surface area (Å²) in [6.45, 7) is 0. The molecule has 5 fully saturated rings. The number of carbonyl (C=O) groups excluding carboxylic acids is 2. The molecule has 0 radical (unpaired) electrons. The highest BCUT2D eigenvalue weighted by atomic mass is 16.4. The van der Waals surface area contributed by atoms with E-state index < -0.39 is 11.9 Å². The minimum absolute atomic E-state index is 0.00799. The van der Waals surface area contributed by atoms with Crippen molar-refractivity contribution in [1.29, 1.82) is 0 Å². The van der Waals surface area contributed by atoms with E-state index in [0.29, 0.717) is 30.7 Å². The van der Waals surface area contributed by atoms with Crippen LogP contribution in [0.2, 0.25) is 0 Å². The number of aliphatic carboxylic acids is 1. The van der Waals surface area contributed by atoms with Gasteiger partial charge in [-0.15, -0.1) is 0 Å². The zero-order valence-corrected chi connectivity index (χ0v) is 13.1. The van der Waals surface area contributed by atoms with Crippen LogP contribution in [0.4, 0.5) is 0 Å². The summed E-state index contributed by atoms with van der Waals surface area (Å²) in [5.74, 6) is 1.08. The molecule has 0 spiro atoms. The molecular formula is C18H26NO3-. The molecule has 1 N–H and O–H groups in total. The summed E-state index contributed by atoms with van der Waals surface area (Å²) < 4.78 is 0. The van der Waals surface area contributed by atoms with E-state index >= 15 is 0 Å². The first kappa shape index (κ1) is 14.5. The normalized spacial score (nSPS) is 46.5. The molecule has 1 amide bonds. The lowest BCUT2D eigenvalue weighted by atomic mass is 9.54. The highest BCUT2D eigenvalue weighted by Gasteiger charge is 2.49. The van der Waals surface area contributed by atoms with Crippen molar-refractivity contribution < 1.29 is 14.7 Å². The number of nitrogens with one attached hydrogen (secondary N) is 1. The van der Waals surface area contributed by atoms with Crippen LogP contribution < -0.4 is 10.4 Å². The van der Waals surface area contributed by atoms with Crippen molar-refractivity contribution in [3.63, 3.8) is 0 Å². The van der Waals surface area contributed by atoms with E-state index in [-0.39, 0.29) is 11.8 Å². The molecule has 4 heteroatoms. The smallest absolute Gasteiger partial charge is 0.224 e. The molecule has 2 atom stereocenters. The van der Waals surface area contributed by atoms with E-state index in [1.54, 1.807) is 0 Å². The van der Waals surface area contributed by atoms with Gasteiger partial charge in [0.2, 0.25) is 5.91 Å². The van der Waals surface area contributed by atoms with Crippen molar-refractivity contribution in [2.24, 2.45) is 35.5 Å². The van der Waals surface area contributed by atoms with Crippen LogP contribution >= 0.6 is 0 Å². The third-order valence-electron chi connectivity index (χ3n) is 6.94. The summed E-state index contributed by atoms with van der Waals surface area (Å²) in [7, 11) is 0. The Morgan fingerprint density at radius 2 is 1.36 bits per heavy atom. The van der Waals surface area contributed by atoms with Gasteiger partial charge in [-0.1, -0.05) is 12.8 Å². The van der Waals surface area contributed by atoms with Gasteiger partial charge in [-0.3, -0.25) is 4.79 Å². The van der Waals surface area contributed by atoms with Crippen LogP contribution in [-0.2, 0) is 9.59 Å². The van der Waals surface area contributed by atoms with Gasteiger partial charge >= 0.3 is 0 Å². The quantitative estimate of drug-likeness (QED) is 0.858. The lowest BCUT2D eigenvalue weighted by Gasteiger charge is -2.54. The summed E-state index contributed by atoms with van der Waals surface area (Å²) >= 11 is 0. The van der Waals surface area contributed by atoms with Gasteiger partial charge in [-0.25, -0.2) is 0 Å². The van der Waals surface area contributed by atoms with Crippen molar-refractivity contribution in [3.8, 4) is 0 Å². The first-order valence-corrected chi connectivity index (χ1v) is 9.13. The molecule has 0 aromatic heterocycles. The fourth-order valence-corrected chi connectivity index (χ4v) is 6.16. The van der Waals surface area contributed by atoms with Crippen molar-refractivity contribution in [3.05, 3.63) is 0 Å². The van der Waals surface area contributed by atoms with Gasteiger partial charge in [0, 0.05) is 23.8 Å². The van der Waals surface area contributed by atoms with Gasteiger partial charge in [-0.2, -0.15) is 0 Å². The average Bonchev–Trinajstić information content (AvgIpc) is 2.50. The Morgan fingerprint density at radius 3 is 1.91 bits per heavy atom. The van der Waals surface area contributed by atoms with Crippen molar-refractivity contribution >= 4 is 11.9 Å². The summed E-state index contributed by atoms with van der Waals surface area (Å²) in [6, 6.07) is 0.310. The van der Waals surface area contributed by atoms with Crippen LogP contribution in [0.1, 0.15) is 57.8 Å². The number of carboxylic acids is 1. The predicted molar refractivity (Wildman–Crippen MR) is 79.4 cm³/mol. The molecule has 5 aliphatic carbocycles. The number of carbonyl (C=O) groups is 2. The third kappa shape index (κ3) is 2.44. The molecule has 0 aromatic carbocycles. The van der Waals surface area contributed by atoms with Crippen LogP contribution in [0.25, 0.3) is 0 Å². The second-order valence-electron chi connectivity index (χ2n) is 8.28. The van der Waals surface area contributed by atoms with Crippen molar-refractivity contribution in [2.45, 2.75) is 63.8 Å². The summed E-state index contributed by atoms with van der Waals surface area (Å²) in [5.41, 5.74) is 0. The molecule has 4 bridgehead atoms. The van der Waals surface area contributed by atoms with E-state index in [1.165, 1.54) is 32.1 Å². The summed E-state index contributed by atoms with van der Waals surface area (Å²) in [5, 5.41) is 14.6. The van der Waals surface area contributed by atoms with Gasteiger partial charge in [0.05, 0.1) is 0 Å². The largest absolute Gasteiger partial charge is 0.550 e. The molecule has 4 nitrogen and oxygen atoms in total. The molecule has 0 unspecified atom stereocenters. The van der Waals surface area contributed by atoms with Gasteiger partial charge in [0.1, 0.15) is 0 Å². The van der Waals surface area contributed by atoms with Gasteiger partial charge < -0.3 is 15.2 Å². The maximum Gasteiger partial charge on any atom is 0.224 e. The zero-order chi connectivity index (χ0) is 15.3. The number of carboxylic acid groups (broad SMARTS) is 1. The molecule has 22 heavy (non-hydrogen) atoms. The summed E-state index contributed by atoms with van der Waals surface area (Å²) in [4.78, 5) is 24.0. The molecule has 0 heterocycles. The van der Waals surface area contributed by atoms with Crippen molar-refractivity contribution in [1.82, 2.24) is 5.32 Å². The first-order chi connectivity index (χ1) is 10.6. The van der Waals surface area contributed by atoms with Crippen LogP contribution in [-0.4, -0.2) is 17.9 Å². The van der Waals surface area contributed by atoms with E-state index in [2.05, 4.69) is 5.32 Å². The van der Waals surface area contributed by atoms with E-state index in [9.17, 15) is 14.7 Å². The Bertz CT molecular complexity index is 447. The maximum atomic E-state index is 12.7. The molecule has 0 aromatic rings. The lowest BCUT2D eigenvalue weighted by molar-refractivity contribution is -0.314. The average molecular weight is 304 g/mol. The highest BCUT2D eigenvalue weighted by Crippen LogP contribution is 2.53. The van der Waals surface area contributed by atoms with Crippen LogP contribution in [0.5, 0.6) is 0 Å². The van der Waals surface area contributed by atoms with Gasteiger partial charge in [-0.05, 0) is 68.6 Å². The Hall–Kier alpha value is -1.06. The van der Waals surface area contributed by atoms with E-state index in [0.717, 1.165) is 24.7 Å². The Morgan fingerprint density at radius 1 is 0.818 bits per heavy atom.